The number of nitrogens with one attached hydrogen (secondary N) is 1. The first kappa shape index (κ1) is 22.0. The Morgan fingerprint density at radius 3 is 2.21 bits per heavy atom. The minimum Gasteiger partial charge on any atom is -0.491 e. The Kier molecular flexibility index (Phi) is 6.96. The van der Waals surface area contributed by atoms with E-state index in [0.717, 1.165) is 16.1 Å². The van der Waals surface area contributed by atoms with E-state index < -0.39 is 22.0 Å². The number of ether oxygens (including phenoxy) is 1. The van der Waals surface area contributed by atoms with Crippen LogP contribution in [0.3, 0.4) is 0 Å². The molecule has 28 heavy (non-hydrogen) atoms. The van der Waals surface area contributed by atoms with Crippen LogP contribution < -0.4 is 14.4 Å². The fourth-order valence-electron chi connectivity index (χ4n) is 2.66. The summed E-state index contributed by atoms with van der Waals surface area (Å²) in [6.07, 6.45) is 1.10. The third-order valence-electron chi connectivity index (χ3n) is 3.99. The fourth-order valence-corrected chi connectivity index (χ4v) is 4.00. The second kappa shape index (κ2) is 8.84. The van der Waals surface area contributed by atoms with Crippen molar-refractivity contribution in [3.8, 4) is 5.75 Å². The highest BCUT2D eigenvalue weighted by molar-refractivity contribution is 7.92. The molecule has 152 valence electrons. The van der Waals surface area contributed by atoms with Gasteiger partial charge in [0.2, 0.25) is 15.9 Å². The van der Waals surface area contributed by atoms with Crippen LogP contribution in [0.25, 0.3) is 0 Å². The SMILES string of the molecule is Cc1ccc(N([C@H](C)C(=O)Nc2ccc(OC(C)C)cc2)S(C)(=O)=O)cc1Cl. The summed E-state index contributed by atoms with van der Waals surface area (Å²) < 4.78 is 31.4. The Balaban J connectivity index is 2.23. The maximum Gasteiger partial charge on any atom is 0.247 e. The van der Waals surface area contributed by atoms with Crippen molar-refractivity contribution in [2.45, 2.75) is 39.8 Å². The van der Waals surface area contributed by atoms with Gasteiger partial charge in [-0.2, -0.15) is 0 Å². The monoisotopic (exact) mass is 424 g/mol. The van der Waals surface area contributed by atoms with Gasteiger partial charge in [-0.3, -0.25) is 9.10 Å². The van der Waals surface area contributed by atoms with E-state index in [-0.39, 0.29) is 6.10 Å². The number of nitrogens with zero attached hydrogens (tertiary/aromatic N) is 1. The third kappa shape index (κ3) is 5.62. The highest BCUT2D eigenvalue weighted by Crippen LogP contribution is 2.27. The molecule has 0 bridgehead atoms. The first-order valence-electron chi connectivity index (χ1n) is 8.82. The molecule has 2 rings (SSSR count). The van der Waals surface area contributed by atoms with Gasteiger partial charge in [0.15, 0.2) is 0 Å². The van der Waals surface area contributed by atoms with Gasteiger partial charge >= 0.3 is 0 Å². The number of rotatable bonds is 7. The third-order valence-corrected chi connectivity index (χ3v) is 5.64. The molecule has 0 aliphatic carbocycles. The van der Waals surface area contributed by atoms with Crippen molar-refractivity contribution in [1.29, 1.82) is 0 Å². The van der Waals surface area contributed by atoms with Crippen molar-refractivity contribution in [3.63, 3.8) is 0 Å². The Bertz CT molecular complexity index is 943. The van der Waals surface area contributed by atoms with Crippen LogP contribution in [-0.2, 0) is 14.8 Å². The normalized spacial score (nSPS) is 12.5. The molecule has 0 aliphatic heterocycles. The van der Waals surface area contributed by atoms with Gasteiger partial charge in [-0.05, 0) is 69.7 Å². The van der Waals surface area contributed by atoms with Gasteiger partial charge in [-0.25, -0.2) is 8.42 Å². The van der Waals surface area contributed by atoms with E-state index in [1.807, 2.05) is 20.8 Å². The number of hydrogen-bond donors (Lipinski definition) is 1. The summed E-state index contributed by atoms with van der Waals surface area (Å²) in [5.41, 5.74) is 1.70. The van der Waals surface area contributed by atoms with E-state index in [0.29, 0.717) is 22.1 Å². The van der Waals surface area contributed by atoms with E-state index in [4.69, 9.17) is 16.3 Å². The number of aryl methyl sites for hydroxylation is 1. The first-order chi connectivity index (χ1) is 13.0. The molecule has 6 nitrogen and oxygen atoms in total. The smallest absolute Gasteiger partial charge is 0.247 e. The Labute approximate surface area is 171 Å². The molecular formula is C20H25ClN2O4S. The molecule has 0 radical (unpaired) electrons. The zero-order valence-electron chi connectivity index (χ0n) is 16.6. The van der Waals surface area contributed by atoms with Crippen molar-refractivity contribution < 1.29 is 17.9 Å². The van der Waals surface area contributed by atoms with E-state index in [9.17, 15) is 13.2 Å². The molecule has 0 saturated carbocycles. The predicted octanol–water partition coefficient (Wildman–Crippen LogP) is 4.23. The second-order valence-corrected chi connectivity index (χ2v) is 9.12. The minimum absolute atomic E-state index is 0.0464. The molecule has 1 amide bonds. The van der Waals surface area contributed by atoms with Gasteiger partial charge < -0.3 is 10.1 Å². The summed E-state index contributed by atoms with van der Waals surface area (Å²) in [5, 5.41) is 3.17. The summed E-state index contributed by atoms with van der Waals surface area (Å²) in [4.78, 5) is 12.7. The lowest BCUT2D eigenvalue weighted by atomic mass is 10.2. The number of benzene rings is 2. The van der Waals surface area contributed by atoms with Crippen LogP contribution in [0.1, 0.15) is 26.3 Å². The summed E-state index contributed by atoms with van der Waals surface area (Å²) in [6, 6.07) is 10.8. The molecule has 0 heterocycles. The fraction of sp³-hybridized carbons (Fsp3) is 0.350. The topological polar surface area (TPSA) is 75.7 Å². The second-order valence-electron chi connectivity index (χ2n) is 6.85. The average molecular weight is 425 g/mol. The molecular weight excluding hydrogens is 400 g/mol. The van der Waals surface area contributed by atoms with Gasteiger partial charge in [0.1, 0.15) is 11.8 Å². The van der Waals surface area contributed by atoms with Gasteiger partial charge in [0.25, 0.3) is 0 Å². The maximum absolute atomic E-state index is 12.7. The lowest BCUT2D eigenvalue weighted by Gasteiger charge is -2.28. The molecule has 0 unspecified atom stereocenters. The Morgan fingerprint density at radius 1 is 1.11 bits per heavy atom. The number of halogens is 1. The van der Waals surface area contributed by atoms with E-state index in [2.05, 4.69) is 5.32 Å². The quantitative estimate of drug-likeness (QED) is 0.721. The van der Waals surface area contributed by atoms with E-state index in [1.54, 1.807) is 42.5 Å². The zero-order chi connectivity index (χ0) is 21.1. The Hall–Kier alpha value is -2.25. The van der Waals surface area contributed by atoms with E-state index >= 15 is 0 Å². The largest absolute Gasteiger partial charge is 0.491 e. The van der Waals surface area contributed by atoms with Gasteiger partial charge in [0.05, 0.1) is 18.0 Å². The van der Waals surface area contributed by atoms with Gasteiger partial charge in [0, 0.05) is 10.7 Å². The van der Waals surface area contributed by atoms with Crippen LogP contribution >= 0.6 is 11.6 Å². The highest BCUT2D eigenvalue weighted by atomic mass is 35.5. The van der Waals surface area contributed by atoms with Crippen molar-refractivity contribution in [2.24, 2.45) is 0 Å². The average Bonchev–Trinajstić information content (AvgIpc) is 2.58. The summed E-state index contributed by atoms with van der Waals surface area (Å²) in [6.45, 7) is 7.20. The van der Waals surface area contributed by atoms with Crippen molar-refractivity contribution >= 4 is 38.9 Å². The van der Waals surface area contributed by atoms with Gasteiger partial charge in [-0.1, -0.05) is 17.7 Å². The molecule has 0 spiro atoms. The predicted molar refractivity (Wildman–Crippen MR) is 114 cm³/mol. The van der Waals surface area contributed by atoms with Crippen molar-refractivity contribution in [2.75, 3.05) is 15.9 Å². The molecule has 2 aromatic carbocycles. The van der Waals surface area contributed by atoms with Crippen LogP contribution in [0.2, 0.25) is 5.02 Å². The maximum atomic E-state index is 12.7. The number of amides is 1. The van der Waals surface area contributed by atoms with Crippen molar-refractivity contribution in [3.05, 3.63) is 53.1 Å². The van der Waals surface area contributed by atoms with Crippen LogP contribution in [0.4, 0.5) is 11.4 Å². The van der Waals surface area contributed by atoms with E-state index in [1.165, 1.54) is 6.92 Å². The lowest BCUT2D eigenvalue weighted by Crippen LogP contribution is -2.45. The first-order valence-corrected chi connectivity index (χ1v) is 11.0. The minimum atomic E-state index is -3.71. The van der Waals surface area contributed by atoms with Crippen molar-refractivity contribution in [1.82, 2.24) is 0 Å². The molecule has 0 aliphatic rings. The summed E-state index contributed by atoms with van der Waals surface area (Å²) in [7, 11) is -3.71. The molecule has 0 saturated heterocycles. The molecule has 1 N–H and O–H groups in total. The van der Waals surface area contributed by atoms with Gasteiger partial charge in [-0.15, -0.1) is 0 Å². The van der Waals surface area contributed by atoms with Crippen LogP contribution in [0.5, 0.6) is 5.75 Å². The number of carbonyl (C=O) groups is 1. The zero-order valence-corrected chi connectivity index (χ0v) is 18.1. The molecule has 1 atom stereocenters. The number of sulfonamides is 1. The summed E-state index contributed by atoms with van der Waals surface area (Å²) >= 11 is 6.14. The molecule has 0 fully saturated rings. The van der Waals surface area contributed by atoms with Crippen LogP contribution in [0.15, 0.2) is 42.5 Å². The number of carbonyl (C=O) groups excluding carboxylic acids is 1. The standard InChI is InChI=1S/C20H25ClN2O4S/c1-13(2)27-18-10-7-16(8-11-18)22-20(24)15(4)23(28(5,25)26)17-9-6-14(3)19(21)12-17/h6-13,15H,1-5H3,(H,22,24)/t15-/m1/s1. The lowest BCUT2D eigenvalue weighted by molar-refractivity contribution is -0.116. The number of anilines is 2. The molecule has 8 heteroatoms. The number of hydrogen-bond acceptors (Lipinski definition) is 4. The highest BCUT2D eigenvalue weighted by Gasteiger charge is 2.29. The van der Waals surface area contributed by atoms with Crippen LogP contribution in [0, 0.1) is 6.92 Å². The molecule has 2 aromatic rings. The Morgan fingerprint density at radius 2 is 1.71 bits per heavy atom. The van der Waals surface area contributed by atoms with Crippen LogP contribution in [-0.4, -0.2) is 32.7 Å². The summed E-state index contributed by atoms with van der Waals surface area (Å²) in [5.74, 6) is 0.229. The molecule has 0 aromatic heterocycles.